The van der Waals surface area contributed by atoms with Gasteiger partial charge in [-0.05, 0) is 42.5 Å². The molecule has 2 aromatic carbocycles. The van der Waals surface area contributed by atoms with Gasteiger partial charge in [0.2, 0.25) is 0 Å². The van der Waals surface area contributed by atoms with Crippen LogP contribution in [0.25, 0.3) is 0 Å². The predicted octanol–water partition coefficient (Wildman–Crippen LogP) is 4.56. The SMILES string of the molecule is O=C1Nc2ccccc2Oc2ccc(NS(=O)(=O)c3ccc(Cl)s3)cc21. The molecular formula is C17H11ClN2O4S2. The number of carbonyl (C=O) groups is 1. The van der Waals surface area contributed by atoms with Gasteiger partial charge in [0.25, 0.3) is 15.9 Å². The predicted molar refractivity (Wildman–Crippen MR) is 101 cm³/mol. The summed E-state index contributed by atoms with van der Waals surface area (Å²) in [4.78, 5) is 12.5. The number of sulfonamides is 1. The van der Waals surface area contributed by atoms with Crippen molar-refractivity contribution < 1.29 is 17.9 Å². The number of amides is 1. The number of hydrogen-bond donors (Lipinski definition) is 2. The highest BCUT2D eigenvalue weighted by Crippen LogP contribution is 2.37. The second kappa shape index (κ2) is 6.31. The van der Waals surface area contributed by atoms with Crippen molar-refractivity contribution >= 4 is 50.2 Å². The van der Waals surface area contributed by atoms with Crippen molar-refractivity contribution in [3.63, 3.8) is 0 Å². The van der Waals surface area contributed by atoms with E-state index in [1.165, 1.54) is 24.3 Å². The Labute approximate surface area is 158 Å². The number of carbonyl (C=O) groups excluding carboxylic acids is 1. The molecule has 26 heavy (non-hydrogen) atoms. The molecule has 0 aliphatic carbocycles. The van der Waals surface area contributed by atoms with Crippen LogP contribution in [0, 0.1) is 0 Å². The fraction of sp³-hybridized carbons (Fsp3) is 0. The lowest BCUT2D eigenvalue weighted by Crippen LogP contribution is -2.14. The van der Waals surface area contributed by atoms with E-state index in [1.807, 2.05) is 0 Å². The highest BCUT2D eigenvalue weighted by atomic mass is 35.5. The van der Waals surface area contributed by atoms with Crippen LogP contribution in [0.5, 0.6) is 11.5 Å². The van der Waals surface area contributed by atoms with Crippen molar-refractivity contribution in [3.8, 4) is 11.5 Å². The number of anilines is 2. The first kappa shape index (κ1) is 16.9. The van der Waals surface area contributed by atoms with E-state index in [4.69, 9.17) is 16.3 Å². The van der Waals surface area contributed by atoms with Gasteiger partial charge in [-0.3, -0.25) is 9.52 Å². The Balaban J connectivity index is 1.68. The molecule has 0 unspecified atom stereocenters. The van der Waals surface area contributed by atoms with E-state index in [2.05, 4.69) is 10.0 Å². The Hall–Kier alpha value is -2.55. The van der Waals surface area contributed by atoms with Crippen LogP contribution in [-0.2, 0) is 10.0 Å². The molecule has 6 nitrogen and oxygen atoms in total. The fourth-order valence-electron chi connectivity index (χ4n) is 2.47. The average Bonchev–Trinajstić information content (AvgIpc) is 2.99. The molecule has 0 radical (unpaired) electrons. The molecule has 2 N–H and O–H groups in total. The van der Waals surface area contributed by atoms with Gasteiger partial charge >= 0.3 is 0 Å². The molecule has 4 rings (SSSR count). The maximum atomic E-state index is 12.5. The van der Waals surface area contributed by atoms with Crippen LogP contribution in [0.4, 0.5) is 11.4 Å². The summed E-state index contributed by atoms with van der Waals surface area (Å²) in [5.74, 6) is 0.473. The van der Waals surface area contributed by atoms with E-state index >= 15 is 0 Å². The number of benzene rings is 2. The Morgan fingerprint density at radius 2 is 1.85 bits per heavy atom. The van der Waals surface area contributed by atoms with E-state index in [0.717, 1.165) is 11.3 Å². The molecule has 0 saturated carbocycles. The number of ether oxygens (including phenoxy) is 1. The van der Waals surface area contributed by atoms with Crippen molar-refractivity contribution in [3.05, 3.63) is 64.5 Å². The number of fused-ring (bicyclic) bond motifs is 2. The molecule has 1 aliphatic rings. The zero-order valence-electron chi connectivity index (χ0n) is 13.0. The van der Waals surface area contributed by atoms with Crippen LogP contribution in [0.15, 0.2) is 58.8 Å². The van der Waals surface area contributed by atoms with Crippen LogP contribution in [0.2, 0.25) is 4.34 Å². The molecule has 0 saturated heterocycles. The van der Waals surface area contributed by atoms with Gasteiger partial charge in [0.1, 0.15) is 9.96 Å². The molecule has 0 atom stereocenters. The maximum absolute atomic E-state index is 12.5. The highest BCUT2D eigenvalue weighted by Gasteiger charge is 2.23. The topological polar surface area (TPSA) is 84.5 Å². The summed E-state index contributed by atoms with van der Waals surface area (Å²) >= 11 is 6.75. The average molecular weight is 407 g/mol. The molecule has 132 valence electrons. The summed E-state index contributed by atoms with van der Waals surface area (Å²) in [5, 5.41) is 2.75. The van der Waals surface area contributed by atoms with Crippen LogP contribution in [0.1, 0.15) is 10.4 Å². The number of hydrogen-bond acceptors (Lipinski definition) is 5. The van der Waals surface area contributed by atoms with Crippen molar-refractivity contribution in [2.24, 2.45) is 0 Å². The molecule has 2 heterocycles. The number of nitrogens with one attached hydrogen (secondary N) is 2. The zero-order valence-corrected chi connectivity index (χ0v) is 15.4. The summed E-state index contributed by atoms with van der Waals surface area (Å²) in [6, 6.07) is 14.5. The Morgan fingerprint density at radius 3 is 2.62 bits per heavy atom. The molecule has 1 aromatic heterocycles. The quantitative estimate of drug-likeness (QED) is 0.667. The number of rotatable bonds is 3. The standard InChI is InChI=1S/C17H11ClN2O4S2/c18-15-7-8-16(25-15)26(22,23)20-10-5-6-13-11(9-10)17(21)19-12-3-1-2-4-14(12)24-13/h1-9,20H,(H,19,21). The van der Waals surface area contributed by atoms with Gasteiger partial charge in [0.05, 0.1) is 15.6 Å². The van der Waals surface area contributed by atoms with Crippen molar-refractivity contribution in [1.29, 1.82) is 0 Å². The van der Waals surface area contributed by atoms with Crippen molar-refractivity contribution in [1.82, 2.24) is 0 Å². The molecule has 9 heteroatoms. The van der Waals surface area contributed by atoms with Gasteiger partial charge in [-0.1, -0.05) is 23.7 Å². The largest absolute Gasteiger partial charge is 0.454 e. The summed E-state index contributed by atoms with van der Waals surface area (Å²) < 4.78 is 33.5. The molecule has 1 amide bonds. The minimum atomic E-state index is -3.79. The Kier molecular flexibility index (Phi) is 4.10. The number of para-hydroxylation sites is 2. The molecule has 3 aromatic rings. The van der Waals surface area contributed by atoms with Gasteiger partial charge in [-0.2, -0.15) is 0 Å². The molecule has 0 fully saturated rings. The number of halogens is 1. The summed E-state index contributed by atoms with van der Waals surface area (Å²) in [7, 11) is -3.79. The second-order valence-electron chi connectivity index (χ2n) is 5.43. The monoisotopic (exact) mass is 406 g/mol. The van der Waals surface area contributed by atoms with Gasteiger partial charge in [0, 0.05) is 5.69 Å². The van der Waals surface area contributed by atoms with Crippen LogP contribution >= 0.6 is 22.9 Å². The first-order valence-corrected chi connectivity index (χ1v) is 10.1. The first-order chi connectivity index (χ1) is 12.4. The second-order valence-corrected chi connectivity index (χ2v) is 9.05. The third-order valence-corrected chi connectivity index (χ3v) is 6.75. The van der Waals surface area contributed by atoms with Gasteiger partial charge in [-0.15, -0.1) is 11.3 Å². The molecular weight excluding hydrogens is 396 g/mol. The lowest BCUT2D eigenvalue weighted by atomic mass is 10.1. The van der Waals surface area contributed by atoms with Gasteiger partial charge < -0.3 is 10.1 Å². The van der Waals surface area contributed by atoms with Gasteiger partial charge in [-0.25, -0.2) is 8.42 Å². The number of thiophene rings is 1. The van der Waals surface area contributed by atoms with Crippen LogP contribution in [0.3, 0.4) is 0 Å². The van der Waals surface area contributed by atoms with Crippen LogP contribution < -0.4 is 14.8 Å². The van der Waals surface area contributed by atoms with Crippen molar-refractivity contribution in [2.45, 2.75) is 4.21 Å². The van der Waals surface area contributed by atoms with E-state index in [0.29, 0.717) is 21.5 Å². The third kappa shape index (κ3) is 3.14. The fourth-order valence-corrected chi connectivity index (χ4v) is 5.01. The first-order valence-electron chi connectivity index (χ1n) is 7.43. The highest BCUT2D eigenvalue weighted by molar-refractivity contribution is 7.94. The van der Waals surface area contributed by atoms with Crippen molar-refractivity contribution in [2.75, 3.05) is 10.0 Å². The molecule has 0 bridgehead atoms. The molecule has 0 spiro atoms. The minimum absolute atomic E-state index is 0.0885. The lowest BCUT2D eigenvalue weighted by molar-refractivity contribution is 0.102. The normalized spacial score (nSPS) is 13.0. The Morgan fingerprint density at radius 1 is 1.04 bits per heavy atom. The Bertz CT molecular complexity index is 1130. The summed E-state index contributed by atoms with van der Waals surface area (Å²) in [5.41, 5.74) is 1.02. The minimum Gasteiger partial charge on any atom is -0.454 e. The third-order valence-electron chi connectivity index (χ3n) is 3.64. The van der Waals surface area contributed by atoms with Gasteiger partial charge in [0.15, 0.2) is 5.75 Å². The zero-order chi connectivity index (χ0) is 18.3. The summed E-state index contributed by atoms with van der Waals surface area (Å²) in [6.45, 7) is 0. The van der Waals surface area contributed by atoms with E-state index in [9.17, 15) is 13.2 Å². The van der Waals surface area contributed by atoms with E-state index in [-0.39, 0.29) is 21.4 Å². The molecule has 1 aliphatic heterocycles. The lowest BCUT2D eigenvalue weighted by Gasteiger charge is -2.10. The maximum Gasteiger partial charge on any atom is 0.271 e. The smallest absolute Gasteiger partial charge is 0.271 e. The van der Waals surface area contributed by atoms with E-state index in [1.54, 1.807) is 30.3 Å². The van der Waals surface area contributed by atoms with E-state index < -0.39 is 10.0 Å². The summed E-state index contributed by atoms with van der Waals surface area (Å²) in [6.07, 6.45) is 0. The van der Waals surface area contributed by atoms with Crippen LogP contribution in [-0.4, -0.2) is 14.3 Å².